The first kappa shape index (κ1) is 14.2. The average Bonchev–Trinajstić information content (AvgIpc) is 2.34. The van der Waals surface area contributed by atoms with Gasteiger partial charge >= 0.3 is 0 Å². The number of benzene rings is 1. The molecule has 96 valence electrons. The van der Waals surface area contributed by atoms with Crippen LogP contribution < -0.4 is 5.32 Å². The van der Waals surface area contributed by atoms with E-state index in [1.54, 1.807) is 0 Å². The van der Waals surface area contributed by atoms with Crippen LogP contribution in [0.3, 0.4) is 0 Å². The molecule has 0 radical (unpaired) electrons. The van der Waals surface area contributed by atoms with Crippen molar-refractivity contribution < 1.29 is 0 Å². The zero-order chi connectivity index (χ0) is 12.7. The summed E-state index contributed by atoms with van der Waals surface area (Å²) in [6.07, 6.45) is 2.39. The molecule has 0 aliphatic rings. The van der Waals surface area contributed by atoms with Crippen molar-refractivity contribution in [2.45, 2.75) is 46.6 Å². The SMILES string of the molecule is CC(CCc1ccccc1)NCC(C)C(C)C. The van der Waals surface area contributed by atoms with E-state index in [1.165, 1.54) is 18.4 Å². The number of aryl methyl sites for hydroxylation is 1. The van der Waals surface area contributed by atoms with Crippen LogP contribution in [-0.2, 0) is 6.42 Å². The molecule has 0 aliphatic heterocycles. The molecule has 0 amide bonds. The number of nitrogens with one attached hydrogen (secondary N) is 1. The molecule has 1 nitrogen and oxygen atoms in total. The summed E-state index contributed by atoms with van der Waals surface area (Å²) < 4.78 is 0. The molecule has 1 aromatic carbocycles. The van der Waals surface area contributed by atoms with E-state index >= 15 is 0 Å². The van der Waals surface area contributed by atoms with Crippen LogP contribution in [0, 0.1) is 11.8 Å². The van der Waals surface area contributed by atoms with Gasteiger partial charge in [0, 0.05) is 6.04 Å². The molecule has 1 aromatic rings. The Morgan fingerprint density at radius 3 is 2.24 bits per heavy atom. The molecule has 0 aliphatic carbocycles. The van der Waals surface area contributed by atoms with E-state index in [2.05, 4.69) is 63.3 Å². The van der Waals surface area contributed by atoms with Crippen molar-refractivity contribution in [2.75, 3.05) is 6.54 Å². The topological polar surface area (TPSA) is 12.0 Å². The highest BCUT2D eigenvalue weighted by Gasteiger charge is 2.08. The second kappa shape index (κ2) is 7.50. The van der Waals surface area contributed by atoms with Gasteiger partial charge in [-0.3, -0.25) is 0 Å². The minimum atomic E-state index is 0.608. The van der Waals surface area contributed by atoms with E-state index in [0.717, 1.165) is 18.4 Å². The summed E-state index contributed by atoms with van der Waals surface area (Å²) in [5, 5.41) is 3.63. The molecule has 1 N–H and O–H groups in total. The fourth-order valence-corrected chi connectivity index (χ4v) is 1.75. The standard InChI is InChI=1S/C16H27N/c1-13(2)14(3)12-17-15(4)10-11-16-8-6-5-7-9-16/h5-9,13-15,17H,10-12H2,1-4H3. The summed E-state index contributed by atoms with van der Waals surface area (Å²) in [5.41, 5.74) is 1.44. The van der Waals surface area contributed by atoms with Crippen molar-refractivity contribution in [1.29, 1.82) is 0 Å². The lowest BCUT2D eigenvalue weighted by Crippen LogP contribution is -2.32. The summed E-state index contributed by atoms with van der Waals surface area (Å²) in [4.78, 5) is 0. The molecule has 2 atom stereocenters. The molecule has 2 unspecified atom stereocenters. The van der Waals surface area contributed by atoms with Crippen LogP contribution in [0.15, 0.2) is 30.3 Å². The predicted octanol–water partition coefficient (Wildman–Crippen LogP) is 3.89. The zero-order valence-corrected chi connectivity index (χ0v) is 11.7. The van der Waals surface area contributed by atoms with Gasteiger partial charge in [0.1, 0.15) is 0 Å². The molecule has 0 bridgehead atoms. The maximum atomic E-state index is 3.63. The van der Waals surface area contributed by atoms with Gasteiger partial charge in [0.15, 0.2) is 0 Å². The van der Waals surface area contributed by atoms with E-state index in [4.69, 9.17) is 0 Å². The van der Waals surface area contributed by atoms with Gasteiger partial charge in [0.2, 0.25) is 0 Å². The predicted molar refractivity (Wildman–Crippen MR) is 76.2 cm³/mol. The van der Waals surface area contributed by atoms with Crippen molar-refractivity contribution in [3.05, 3.63) is 35.9 Å². The Labute approximate surface area is 107 Å². The molecule has 0 saturated carbocycles. The molecule has 0 fully saturated rings. The fourth-order valence-electron chi connectivity index (χ4n) is 1.75. The fraction of sp³-hybridized carbons (Fsp3) is 0.625. The van der Waals surface area contributed by atoms with Gasteiger partial charge in [-0.25, -0.2) is 0 Å². The van der Waals surface area contributed by atoms with Crippen molar-refractivity contribution >= 4 is 0 Å². The van der Waals surface area contributed by atoms with Crippen LogP contribution in [0.2, 0.25) is 0 Å². The first-order valence-electron chi connectivity index (χ1n) is 6.87. The molecule has 0 saturated heterocycles. The van der Waals surface area contributed by atoms with Crippen LogP contribution >= 0.6 is 0 Å². The van der Waals surface area contributed by atoms with Gasteiger partial charge in [-0.2, -0.15) is 0 Å². The Morgan fingerprint density at radius 1 is 1.00 bits per heavy atom. The highest BCUT2D eigenvalue weighted by Crippen LogP contribution is 2.09. The second-order valence-corrected chi connectivity index (χ2v) is 5.55. The monoisotopic (exact) mass is 233 g/mol. The third kappa shape index (κ3) is 5.88. The third-order valence-electron chi connectivity index (χ3n) is 3.64. The first-order chi connectivity index (χ1) is 8.09. The molecule has 1 heteroatoms. The van der Waals surface area contributed by atoms with E-state index < -0.39 is 0 Å². The molecular weight excluding hydrogens is 206 g/mol. The lowest BCUT2D eigenvalue weighted by molar-refractivity contribution is 0.367. The summed E-state index contributed by atoms with van der Waals surface area (Å²) >= 11 is 0. The molecular formula is C16H27N. The third-order valence-corrected chi connectivity index (χ3v) is 3.64. The Kier molecular flexibility index (Phi) is 6.28. The van der Waals surface area contributed by atoms with Gasteiger partial charge in [-0.05, 0) is 43.7 Å². The molecule has 0 spiro atoms. The smallest absolute Gasteiger partial charge is 0.00420 e. The van der Waals surface area contributed by atoms with E-state index in [0.29, 0.717) is 6.04 Å². The Balaban J connectivity index is 2.19. The van der Waals surface area contributed by atoms with Gasteiger partial charge in [0.25, 0.3) is 0 Å². The Morgan fingerprint density at radius 2 is 1.65 bits per heavy atom. The summed E-state index contributed by atoms with van der Waals surface area (Å²) in [5.74, 6) is 1.53. The molecule has 0 heterocycles. The highest BCUT2D eigenvalue weighted by molar-refractivity contribution is 5.14. The number of rotatable bonds is 7. The van der Waals surface area contributed by atoms with Crippen molar-refractivity contribution in [3.8, 4) is 0 Å². The van der Waals surface area contributed by atoms with Crippen LogP contribution in [0.4, 0.5) is 0 Å². The van der Waals surface area contributed by atoms with Crippen LogP contribution in [0.5, 0.6) is 0 Å². The van der Waals surface area contributed by atoms with Crippen molar-refractivity contribution in [2.24, 2.45) is 11.8 Å². The highest BCUT2D eigenvalue weighted by atomic mass is 14.9. The average molecular weight is 233 g/mol. The maximum absolute atomic E-state index is 3.63. The number of hydrogen-bond donors (Lipinski definition) is 1. The van der Waals surface area contributed by atoms with Gasteiger partial charge < -0.3 is 5.32 Å². The Bertz CT molecular complexity index is 292. The van der Waals surface area contributed by atoms with E-state index in [-0.39, 0.29) is 0 Å². The first-order valence-corrected chi connectivity index (χ1v) is 6.87. The molecule has 1 rings (SSSR count). The van der Waals surface area contributed by atoms with Gasteiger partial charge in [-0.1, -0.05) is 51.1 Å². The minimum Gasteiger partial charge on any atom is -0.314 e. The summed E-state index contributed by atoms with van der Waals surface area (Å²) in [7, 11) is 0. The summed E-state index contributed by atoms with van der Waals surface area (Å²) in [6.45, 7) is 10.3. The van der Waals surface area contributed by atoms with Crippen molar-refractivity contribution in [3.63, 3.8) is 0 Å². The quantitative estimate of drug-likeness (QED) is 0.753. The lowest BCUT2D eigenvalue weighted by atomic mass is 9.97. The van der Waals surface area contributed by atoms with Crippen LogP contribution in [-0.4, -0.2) is 12.6 Å². The van der Waals surface area contributed by atoms with E-state index in [9.17, 15) is 0 Å². The lowest BCUT2D eigenvalue weighted by Gasteiger charge is -2.20. The van der Waals surface area contributed by atoms with Crippen molar-refractivity contribution in [1.82, 2.24) is 5.32 Å². The van der Waals surface area contributed by atoms with Crippen LogP contribution in [0.25, 0.3) is 0 Å². The number of hydrogen-bond acceptors (Lipinski definition) is 1. The Hall–Kier alpha value is -0.820. The summed E-state index contributed by atoms with van der Waals surface area (Å²) in [6, 6.07) is 11.3. The van der Waals surface area contributed by atoms with E-state index in [1.807, 2.05) is 0 Å². The van der Waals surface area contributed by atoms with Gasteiger partial charge in [0.05, 0.1) is 0 Å². The molecule has 17 heavy (non-hydrogen) atoms. The van der Waals surface area contributed by atoms with Crippen LogP contribution in [0.1, 0.15) is 39.7 Å². The van der Waals surface area contributed by atoms with Gasteiger partial charge in [-0.15, -0.1) is 0 Å². The molecule has 0 aromatic heterocycles. The second-order valence-electron chi connectivity index (χ2n) is 5.55. The maximum Gasteiger partial charge on any atom is 0.00420 e. The zero-order valence-electron chi connectivity index (χ0n) is 11.7. The normalized spacial score (nSPS) is 14.9. The largest absolute Gasteiger partial charge is 0.314 e. The minimum absolute atomic E-state index is 0.608.